The second-order valence-corrected chi connectivity index (χ2v) is 4.34. The Morgan fingerprint density at radius 3 is 2.50 bits per heavy atom. The van der Waals surface area contributed by atoms with E-state index in [9.17, 15) is 13.2 Å². The van der Waals surface area contributed by atoms with Crippen LogP contribution in [0.5, 0.6) is 5.75 Å². The van der Waals surface area contributed by atoms with E-state index in [2.05, 4.69) is 41.7 Å². The number of ether oxygens (including phenoxy) is 1. The van der Waals surface area contributed by atoms with E-state index >= 15 is 0 Å². The second kappa shape index (κ2) is 5.07. The van der Waals surface area contributed by atoms with Gasteiger partial charge < -0.3 is 0 Å². The molecule has 1 aromatic carbocycles. The molecule has 0 unspecified atom stereocenters. The molecule has 3 nitrogen and oxygen atoms in total. The van der Waals surface area contributed by atoms with Crippen LogP contribution in [0, 0.1) is 0 Å². The SMILES string of the molecule is NC([Se])=Nc1ccc(OC(F)(F)F)cc1Br. The van der Waals surface area contributed by atoms with Crippen molar-refractivity contribution < 1.29 is 17.9 Å². The number of benzene rings is 1. The van der Waals surface area contributed by atoms with Crippen molar-refractivity contribution in [3.8, 4) is 5.75 Å². The fraction of sp³-hybridized carbons (Fsp3) is 0.125. The molecule has 0 aliphatic rings. The number of alkyl halides is 3. The van der Waals surface area contributed by atoms with Crippen LogP contribution in [0.4, 0.5) is 18.9 Å². The van der Waals surface area contributed by atoms with Gasteiger partial charge in [-0.3, -0.25) is 0 Å². The Morgan fingerprint density at radius 1 is 1.44 bits per heavy atom. The number of nitrogens with zero attached hydrogens (tertiary/aromatic N) is 1. The summed E-state index contributed by atoms with van der Waals surface area (Å²) < 4.78 is 39.9. The summed E-state index contributed by atoms with van der Waals surface area (Å²) in [5.41, 5.74) is 5.70. The second-order valence-electron chi connectivity index (χ2n) is 2.61. The number of aliphatic imine (C=N–C) groups is 1. The molecule has 0 spiro atoms. The first-order valence-electron chi connectivity index (χ1n) is 3.84. The number of halogens is 4. The average molecular weight is 361 g/mol. The molecule has 87 valence electrons. The standard InChI is InChI=1S/C8H5BrF3N2OSe/c9-5-3-4(15-8(10,11)12)1-2-6(5)14-7(13)16/h1-3H,(H2,13,14). The molecule has 0 heterocycles. The third-order valence-electron chi connectivity index (χ3n) is 1.38. The predicted molar refractivity (Wildman–Crippen MR) is 57.9 cm³/mol. The molecule has 0 saturated heterocycles. The number of rotatable bonds is 2. The van der Waals surface area contributed by atoms with Crippen molar-refractivity contribution in [1.29, 1.82) is 0 Å². The van der Waals surface area contributed by atoms with Crippen molar-refractivity contribution in [2.45, 2.75) is 6.36 Å². The van der Waals surface area contributed by atoms with Gasteiger partial charge >= 0.3 is 106 Å². The molecular weight excluding hydrogens is 356 g/mol. The molecule has 0 atom stereocenters. The fourth-order valence-electron chi connectivity index (χ4n) is 0.894. The number of amidine groups is 1. The number of hydrogen-bond acceptors (Lipinski definition) is 2. The Labute approximate surface area is 106 Å². The van der Waals surface area contributed by atoms with Gasteiger partial charge in [-0.05, 0) is 0 Å². The Morgan fingerprint density at radius 2 is 2.06 bits per heavy atom. The summed E-state index contributed by atoms with van der Waals surface area (Å²) in [5, 5.41) is 0. The van der Waals surface area contributed by atoms with Crippen molar-refractivity contribution >= 4 is 42.4 Å². The Kier molecular flexibility index (Phi) is 4.23. The Hall–Kier alpha value is -0.721. The van der Waals surface area contributed by atoms with Crippen molar-refractivity contribution in [1.82, 2.24) is 0 Å². The maximum atomic E-state index is 11.9. The van der Waals surface area contributed by atoms with E-state index in [-0.39, 0.29) is 10.5 Å². The fourth-order valence-corrected chi connectivity index (χ4v) is 1.55. The molecule has 0 bridgehead atoms. The molecule has 0 aliphatic carbocycles. The Balaban J connectivity index is 2.96. The molecule has 0 saturated carbocycles. The molecule has 1 aromatic rings. The predicted octanol–water partition coefficient (Wildman–Crippen LogP) is 2.46. The molecule has 0 aromatic heterocycles. The van der Waals surface area contributed by atoms with Crippen LogP contribution in [0.2, 0.25) is 0 Å². The summed E-state index contributed by atoms with van der Waals surface area (Å²) in [4.78, 5) is 3.85. The zero-order chi connectivity index (χ0) is 12.3. The van der Waals surface area contributed by atoms with Crippen molar-refractivity contribution in [3.05, 3.63) is 22.7 Å². The number of nitrogens with two attached hydrogens (primary N) is 1. The molecular formula is C8H5BrF3N2OSe. The third kappa shape index (κ3) is 4.42. The van der Waals surface area contributed by atoms with Gasteiger partial charge in [0.15, 0.2) is 0 Å². The van der Waals surface area contributed by atoms with E-state index in [1.165, 1.54) is 6.07 Å². The van der Waals surface area contributed by atoms with Gasteiger partial charge in [0.05, 0.1) is 0 Å². The maximum absolute atomic E-state index is 11.9. The van der Waals surface area contributed by atoms with Crippen LogP contribution in [0.15, 0.2) is 27.7 Å². The average Bonchev–Trinajstić information content (AvgIpc) is 2.06. The van der Waals surface area contributed by atoms with Crippen molar-refractivity contribution in [2.75, 3.05) is 0 Å². The van der Waals surface area contributed by atoms with Gasteiger partial charge in [-0.2, -0.15) is 0 Å². The topological polar surface area (TPSA) is 47.6 Å². The zero-order valence-corrected chi connectivity index (χ0v) is 10.9. The van der Waals surface area contributed by atoms with Gasteiger partial charge in [-0.1, -0.05) is 0 Å². The first kappa shape index (κ1) is 13.3. The minimum atomic E-state index is -4.71. The van der Waals surface area contributed by atoms with Crippen LogP contribution >= 0.6 is 15.9 Å². The van der Waals surface area contributed by atoms with Gasteiger partial charge in [-0.15, -0.1) is 0 Å². The number of hydrogen-bond donors (Lipinski definition) is 1. The van der Waals surface area contributed by atoms with Gasteiger partial charge in [0.1, 0.15) is 0 Å². The quantitative estimate of drug-likeness (QED) is 0.500. The van der Waals surface area contributed by atoms with Gasteiger partial charge in [0, 0.05) is 0 Å². The summed E-state index contributed by atoms with van der Waals surface area (Å²) in [6.07, 6.45) is -4.71. The Bertz CT molecular complexity index is 418. The van der Waals surface area contributed by atoms with E-state index in [4.69, 9.17) is 5.73 Å². The minimum absolute atomic E-state index is 0.185. The van der Waals surface area contributed by atoms with Crippen LogP contribution in [0.1, 0.15) is 0 Å². The van der Waals surface area contributed by atoms with Crippen molar-refractivity contribution in [2.24, 2.45) is 10.7 Å². The van der Waals surface area contributed by atoms with Gasteiger partial charge in [0.25, 0.3) is 0 Å². The summed E-state index contributed by atoms with van der Waals surface area (Å²) in [6, 6.07) is 3.67. The molecule has 1 rings (SSSR count). The van der Waals surface area contributed by atoms with E-state index in [1.54, 1.807) is 0 Å². The summed E-state index contributed by atoms with van der Waals surface area (Å²) in [6.45, 7) is 0. The molecule has 16 heavy (non-hydrogen) atoms. The summed E-state index contributed by atoms with van der Waals surface area (Å²) in [5.74, 6) is -0.322. The van der Waals surface area contributed by atoms with Crippen LogP contribution in [0.25, 0.3) is 0 Å². The molecule has 8 heteroatoms. The first-order valence-corrected chi connectivity index (χ1v) is 5.49. The normalized spacial score (nSPS) is 12.6. The summed E-state index contributed by atoms with van der Waals surface area (Å²) in [7, 11) is 0. The molecule has 0 aliphatic heterocycles. The third-order valence-corrected chi connectivity index (χ3v) is 2.21. The van der Waals surface area contributed by atoms with Crippen molar-refractivity contribution in [3.63, 3.8) is 0 Å². The van der Waals surface area contributed by atoms with Crippen LogP contribution < -0.4 is 10.5 Å². The van der Waals surface area contributed by atoms with Crippen LogP contribution in [-0.4, -0.2) is 27.1 Å². The molecule has 0 fully saturated rings. The first-order chi connectivity index (χ1) is 7.28. The van der Waals surface area contributed by atoms with Gasteiger partial charge in [-0.25, -0.2) is 0 Å². The molecule has 1 radical (unpaired) electrons. The summed E-state index contributed by atoms with van der Waals surface area (Å²) >= 11 is 5.52. The van der Waals surface area contributed by atoms with Crippen LogP contribution in [0.3, 0.4) is 0 Å². The molecule has 0 amide bonds. The van der Waals surface area contributed by atoms with Gasteiger partial charge in [0.2, 0.25) is 0 Å². The van der Waals surface area contributed by atoms with E-state index in [1.807, 2.05) is 0 Å². The monoisotopic (exact) mass is 361 g/mol. The molecule has 2 N–H and O–H groups in total. The van der Waals surface area contributed by atoms with E-state index in [0.29, 0.717) is 10.2 Å². The van der Waals surface area contributed by atoms with E-state index in [0.717, 1.165) is 12.1 Å². The van der Waals surface area contributed by atoms with Crippen LogP contribution in [-0.2, 0) is 0 Å². The van der Waals surface area contributed by atoms with E-state index < -0.39 is 6.36 Å². The zero-order valence-electron chi connectivity index (χ0n) is 7.58.